The number of benzene rings is 1. The first-order chi connectivity index (χ1) is 9.35. The van der Waals surface area contributed by atoms with Gasteiger partial charge < -0.3 is 10.0 Å². The molecule has 0 bridgehead atoms. The lowest BCUT2D eigenvalue weighted by Crippen LogP contribution is -2.34. The van der Waals surface area contributed by atoms with Crippen molar-refractivity contribution in [2.45, 2.75) is 38.0 Å². The van der Waals surface area contributed by atoms with Crippen LogP contribution in [0.2, 0.25) is 0 Å². The first-order valence-electron chi connectivity index (χ1n) is 6.90. The van der Waals surface area contributed by atoms with Crippen LogP contribution in [0.5, 0.6) is 0 Å². The van der Waals surface area contributed by atoms with Crippen molar-refractivity contribution >= 4 is 17.7 Å². The number of thioether (sulfide) groups is 1. The van der Waals surface area contributed by atoms with Crippen LogP contribution >= 0.6 is 11.8 Å². The van der Waals surface area contributed by atoms with Gasteiger partial charge in [-0.15, -0.1) is 11.8 Å². The fraction of sp³-hybridized carbons (Fsp3) is 0.562. The topological polar surface area (TPSA) is 40.5 Å². The van der Waals surface area contributed by atoms with Gasteiger partial charge in [-0.25, -0.2) is 0 Å². The molecule has 4 heteroatoms. The normalized spacial score (nSPS) is 13.1. The molecule has 0 spiro atoms. The molecule has 0 aliphatic carbocycles. The van der Waals surface area contributed by atoms with Gasteiger partial charge in [0.05, 0.1) is 11.8 Å². The monoisotopic (exact) mass is 295 g/mol. The molecule has 0 aliphatic heterocycles. The largest absolute Gasteiger partial charge is 0.396 e. The Kier molecular flexibility index (Phi) is 6.56. The summed E-state index contributed by atoms with van der Waals surface area (Å²) in [6.07, 6.45) is 0.562. The minimum Gasteiger partial charge on any atom is -0.396 e. The van der Waals surface area contributed by atoms with Gasteiger partial charge >= 0.3 is 0 Å². The lowest BCUT2D eigenvalue weighted by molar-refractivity contribution is -0.129. The third-order valence-electron chi connectivity index (χ3n) is 3.08. The molecule has 0 saturated carbocycles. The standard InChI is InChI=1S/C16H25NO2S/c1-16(2,3)20-12-15(19)17(4)14(10-11-18)13-8-6-5-7-9-13/h5-9,14,18H,10-12H2,1-4H3. The number of rotatable bonds is 6. The average Bonchev–Trinajstić information content (AvgIpc) is 2.41. The summed E-state index contributed by atoms with van der Waals surface area (Å²) in [4.78, 5) is 14.1. The van der Waals surface area contributed by atoms with E-state index in [1.165, 1.54) is 0 Å². The molecule has 0 radical (unpaired) electrons. The van der Waals surface area contributed by atoms with E-state index in [1.807, 2.05) is 37.4 Å². The summed E-state index contributed by atoms with van der Waals surface area (Å²) in [5.74, 6) is 0.571. The van der Waals surface area contributed by atoms with Crippen LogP contribution in [-0.2, 0) is 4.79 Å². The molecule has 20 heavy (non-hydrogen) atoms. The lowest BCUT2D eigenvalue weighted by Gasteiger charge is -2.29. The Morgan fingerprint density at radius 3 is 2.40 bits per heavy atom. The first-order valence-corrected chi connectivity index (χ1v) is 7.89. The summed E-state index contributed by atoms with van der Waals surface area (Å²) in [5.41, 5.74) is 1.07. The van der Waals surface area contributed by atoms with Crippen LogP contribution in [0.4, 0.5) is 0 Å². The van der Waals surface area contributed by atoms with Crippen molar-refractivity contribution in [2.24, 2.45) is 0 Å². The predicted octanol–water partition coefficient (Wildman–Crippen LogP) is 3.10. The number of carbonyl (C=O) groups excluding carboxylic acids is 1. The Morgan fingerprint density at radius 2 is 1.90 bits per heavy atom. The molecule has 1 aromatic rings. The highest BCUT2D eigenvalue weighted by Gasteiger charge is 2.22. The van der Waals surface area contributed by atoms with Crippen LogP contribution in [0, 0.1) is 0 Å². The van der Waals surface area contributed by atoms with E-state index < -0.39 is 0 Å². The number of aliphatic hydroxyl groups is 1. The van der Waals surface area contributed by atoms with Gasteiger partial charge in [-0.2, -0.15) is 0 Å². The molecule has 1 atom stereocenters. The van der Waals surface area contributed by atoms with Crippen LogP contribution < -0.4 is 0 Å². The smallest absolute Gasteiger partial charge is 0.232 e. The van der Waals surface area contributed by atoms with Crippen LogP contribution in [0.25, 0.3) is 0 Å². The van der Waals surface area contributed by atoms with Crippen LogP contribution in [0.1, 0.15) is 38.8 Å². The van der Waals surface area contributed by atoms with Gasteiger partial charge in [-0.05, 0) is 12.0 Å². The minimum absolute atomic E-state index is 0.0609. The number of nitrogens with zero attached hydrogens (tertiary/aromatic N) is 1. The maximum atomic E-state index is 12.3. The predicted molar refractivity (Wildman–Crippen MR) is 85.9 cm³/mol. The maximum absolute atomic E-state index is 12.3. The van der Waals surface area contributed by atoms with Gasteiger partial charge in [-0.3, -0.25) is 4.79 Å². The van der Waals surface area contributed by atoms with Gasteiger partial charge in [0.25, 0.3) is 0 Å². The summed E-state index contributed by atoms with van der Waals surface area (Å²) < 4.78 is 0.0791. The molecule has 1 unspecified atom stereocenters. The van der Waals surface area contributed by atoms with Gasteiger partial charge in [0.15, 0.2) is 0 Å². The maximum Gasteiger partial charge on any atom is 0.232 e. The highest BCUT2D eigenvalue weighted by atomic mass is 32.2. The Bertz CT molecular complexity index is 414. The van der Waals surface area contributed by atoms with E-state index in [0.717, 1.165) is 5.56 Å². The molecule has 0 fully saturated rings. The van der Waals surface area contributed by atoms with Gasteiger partial charge in [0, 0.05) is 18.4 Å². The fourth-order valence-electron chi connectivity index (χ4n) is 1.94. The number of carbonyl (C=O) groups is 1. The third-order valence-corrected chi connectivity index (χ3v) is 4.33. The molecule has 1 N–H and O–H groups in total. The molecule has 1 rings (SSSR count). The van der Waals surface area contributed by atoms with E-state index in [9.17, 15) is 9.90 Å². The van der Waals surface area contributed by atoms with Crippen molar-refractivity contribution in [2.75, 3.05) is 19.4 Å². The zero-order chi connectivity index (χ0) is 15.2. The first kappa shape index (κ1) is 17.1. The molecule has 112 valence electrons. The molecular weight excluding hydrogens is 270 g/mol. The zero-order valence-electron chi connectivity index (χ0n) is 12.8. The molecule has 0 aromatic heterocycles. The van der Waals surface area contributed by atoms with E-state index >= 15 is 0 Å². The van der Waals surface area contributed by atoms with E-state index in [1.54, 1.807) is 16.7 Å². The molecule has 0 heterocycles. The van der Waals surface area contributed by atoms with Gasteiger partial charge in [-0.1, -0.05) is 51.1 Å². The average molecular weight is 295 g/mol. The summed E-state index contributed by atoms with van der Waals surface area (Å²) in [6.45, 7) is 6.39. The van der Waals surface area contributed by atoms with Gasteiger partial charge in [0.1, 0.15) is 0 Å². The number of amides is 1. The molecule has 1 aromatic carbocycles. The zero-order valence-corrected chi connectivity index (χ0v) is 13.6. The van der Waals surface area contributed by atoms with Crippen LogP contribution in [0.3, 0.4) is 0 Å². The Hall–Kier alpha value is -1.00. The highest BCUT2D eigenvalue weighted by Crippen LogP contribution is 2.26. The van der Waals surface area contributed by atoms with Crippen LogP contribution in [0.15, 0.2) is 30.3 Å². The van der Waals surface area contributed by atoms with E-state index in [0.29, 0.717) is 12.2 Å². The minimum atomic E-state index is -0.0609. The second-order valence-corrected chi connectivity index (χ2v) is 7.65. The molecular formula is C16H25NO2S. The second-order valence-electron chi connectivity index (χ2n) is 5.84. The second kappa shape index (κ2) is 7.70. The molecule has 0 aliphatic rings. The van der Waals surface area contributed by atoms with Crippen molar-refractivity contribution in [1.82, 2.24) is 4.90 Å². The van der Waals surface area contributed by atoms with E-state index in [2.05, 4.69) is 20.8 Å². The van der Waals surface area contributed by atoms with Crippen molar-refractivity contribution in [3.8, 4) is 0 Å². The molecule has 3 nitrogen and oxygen atoms in total. The van der Waals surface area contributed by atoms with Crippen molar-refractivity contribution < 1.29 is 9.90 Å². The van der Waals surface area contributed by atoms with Crippen LogP contribution in [-0.4, -0.2) is 40.1 Å². The van der Waals surface area contributed by atoms with E-state index in [-0.39, 0.29) is 23.3 Å². The van der Waals surface area contributed by atoms with Crippen molar-refractivity contribution in [3.05, 3.63) is 35.9 Å². The highest BCUT2D eigenvalue weighted by molar-refractivity contribution is 8.01. The summed E-state index contributed by atoms with van der Waals surface area (Å²) >= 11 is 1.65. The number of aliphatic hydroxyl groups excluding tert-OH is 1. The summed E-state index contributed by atoms with van der Waals surface area (Å²) in [5, 5.41) is 9.24. The number of hydrogen-bond acceptors (Lipinski definition) is 3. The van der Waals surface area contributed by atoms with Crippen molar-refractivity contribution in [3.63, 3.8) is 0 Å². The summed E-state index contributed by atoms with van der Waals surface area (Å²) in [6, 6.07) is 9.82. The fourth-order valence-corrected chi connectivity index (χ4v) is 2.70. The third kappa shape index (κ3) is 5.55. The SMILES string of the molecule is CN(C(=O)CSC(C)(C)C)C(CCO)c1ccccc1. The number of hydrogen-bond donors (Lipinski definition) is 1. The van der Waals surface area contributed by atoms with E-state index in [4.69, 9.17) is 0 Å². The van der Waals surface area contributed by atoms with Crippen molar-refractivity contribution in [1.29, 1.82) is 0 Å². The van der Waals surface area contributed by atoms with Gasteiger partial charge in [0.2, 0.25) is 5.91 Å². The lowest BCUT2D eigenvalue weighted by atomic mass is 10.0. The Balaban J connectivity index is 2.74. The quantitative estimate of drug-likeness (QED) is 0.876. The Labute approximate surface area is 126 Å². The summed E-state index contributed by atoms with van der Waals surface area (Å²) in [7, 11) is 1.82. The molecule has 0 saturated heterocycles. The Morgan fingerprint density at radius 1 is 1.30 bits per heavy atom. The molecule has 1 amide bonds.